The first-order valence-corrected chi connectivity index (χ1v) is 7.50. The van der Waals surface area contributed by atoms with Crippen molar-refractivity contribution >= 4 is 16.9 Å². The van der Waals surface area contributed by atoms with E-state index in [4.69, 9.17) is 4.74 Å². The summed E-state index contributed by atoms with van der Waals surface area (Å²) in [6, 6.07) is 10.0. The number of hydrogen-bond donors (Lipinski definition) is 0. The summed E-state index contributed by atoms with van der Waals surface area (Å²) in [5.74, 6) is 0.942. The van der Waals surface area contributed by atoms with Crippen molar-refractivity contribution < 1.29 is 4.74 Å². The molecule has 1 saturated heterocycles. The van der Waals surface area contributed by atoms with E-state index < -0.39 is 0 Å². The van der Waals surface area contributed by atoms with Crippen LogP contribution in [0.5, 0.6) is 0 Å². The Kier molecular flexibility index (Phi) is 3.44. The number of para-hydroxylation sites is 1. The van der Waals surface area contributed by atoms with Crippen molar-refractivity contribution in [3.8, 4) is 5.69 Å². The maximum atomic E-state index is 5.53. The van der Waals surface area contributed by atoms with Gasteiger partial charge in [0.1, 0.15) is 12.1 Å². The van der Waals surface area contributed by atoms with Crippen molar-refractivity contribution in [1.82, 2.24) is 19.7 Å². The fourth-order valence-electron chi connectivity index (χ4n) is 2.80. The van der Waals surface area contributed by atoms with Crippen LogP contribution in [0.1, 0.15) is 6.42 Å². The molecule has 112 valence electrons. The molecule has 0 saturated carbocycles. The third-order valence-corrected chi connectivity index (χ3v) is 3.87. The van der Waals surface area contributed by atoms with E-state index >= 15 is 0 Å². The number of anilines is 1. The van der Waals surface area contributed by atoms with Crippen LogP contribution in [-0.2, 0) is 4.74 Å². The average Bonchev–Trinajstić information content (AvgIpc) is 2.82. The van der Waals surface area contributed by atoms with Crippen LogP contribution in [0.2, 0.25) is 0 Å². The number of benzene rings is 1. The van der Waals surface area contributed by atoms with E-state index in [0.717, 1.165) is 55.3 Å². The number of rotatable bonds is 2. The number of aromatic nitrogens is 4. The van der Waals surface area contributed by atoms with Gasteiger partial charge in [-0.1, -0.05) is 18.2 Å². The van der Waals surface area contributed by atoms with Gasteiger partial charge in [0, 0.05) is 19.7 Å². The minimum absolute atomic E-state index is 0.734. The molecule has 1 aromatic carbocycles. The summed E-state index contributed by atoms with van der Waals surface area (Å²) in [5, 5.41) is 5.48. The second kappa shape index (κ2) is 5.73. The van der Waals surface area contributed by atoms with E-state index in [-0.39, 0.29) is 0 Å². The van der Waals surface area contributed by atoms with E-state index in [1.54, 1.807) is 6.33 Å². The van der Waals surface area contributed by atoms with E-state index in [9.17, 15) is 0 Å². The lowest BCUT2D eigenvalue weighted by atomic mass is 10.3. The molecule has 22 heavy (non-hydrogen) atoms. The van der Waals surface area contributed by atoms with Crippen LogP contribution in [0, 0.1) is 0 Å². The number of hydrogen-bond acceptors (Lipinski definition) is 5. The first-order chi connectivity index (χ1) is 10.9. The molecular formula is C16H17N5O. The third kappa shape index (κ3) is 2.31. The number of ether oxygens (including phenoxy) is 1. The molecule has 0 unspecified atom stereocenters. The molecule has 0 radical (unpaired) electrons. The monoisotopic (exact) mass is 295 g/mol. The topological polar surface area (TPSA) is 56.1 Å². The zero-order chi connectivity index (χ0) is 14.8. The highest BCUT2D eigenvalue weighted by Gasteiger charge is 2.17. The summed E-state index contributed by atoms with van der Waals surface area (Å²) in [7, 11) is 0. The predicted molar refractivity (Wildman–Crippen MR) is 84.3 cm³/mol. The second-order valence-electron chi connectivity index (χ2n) is 5.28. The Labute approximate surface area is 128 Å². The third-order valence-electron chi connectivity index (χ3n) is 3.87. The quantitative estimate of drug-likeness (QED) is 0.724. The molecule has 1 aliphatic heterocycles. The maximum absolute atomic E-state index is 5.53. The molecule has 0 atom stereocenters. The van der Waals surface area contributed by atoms with Crippen molar-refractivity contribution in [3.63, 3.8) is 0 Å². The molecule has 1 aliphatic rings. The van der Waals surface area contributed by atoms with E-state index in [1.807, 2.05) is 41.2 Å². The van der Waals surface area contributed by atoms with Gasteiger partial charge in [-0.05, 0) is 18.6 Å². The van der Waals surface area contributed by atoms with Crippen molar-refractivity contribution in [2.75, 3.05) is 31.2 Å². The SMILES string of the molecule is c1ccc(-n2ncc3c(N4CCCOCC4)ncnc32)cc1. The van der Waals surface area contributed by atoms with Gasteiger partial charge < -0.3 is 9.64 Å². The lowest BCUT2D eigenvalue weighted by Gasteiger charge is -2.20. The zero-order valence-electron chi connectivity index (χ0n) is 12.2. The summed E-state index contributed by atoms with van der Waals surface area (Å²) in [5.41, 5.74) is 1.84. The lowest BCUT2D eigenvalue weighted by Crippen LogP contribution is -2.27. The van der Waals surface area contributed by atoms with Crippen molar-refractivity contribution in [2.24, 2.45) is 0 Å². The summed E-state index contributed by atoms with van der Waals surface area (Å²) in [4.78, 5) is 11.2. The summed E-state index contributed by atoms with van der Waals surface area (Å²) in [6.07, 6.45) is 4.48. The highest BCUT2D eigenvalue weighted by molar-refractivity contribution is 5.87. The molecule has 6 heteroatoms. The van der Waals surface area contributed by atoms with Gasteiger partial charge in [-0.15, -0.1) is 0 Å². The maximum Gasteiger partial charge on any atom is 0.168 e. The normalized spacial score (nSPS) is 15.9. The molecule has 0 spiro atoms. The van der Waals surface area contributed by atoms with Gasteiger partial charge in [-0.3, -0.25) is 0 Å². The second-order valence-corrected chi connectivity index (χ2v) is 5.28. The Morgan fingerprint density at radius 2 is 1.91 bits per heavy atom. The van der Waals surface area contributed by atoms with Gasteiger partial charge in [-0.2, -0.15) is 5.10 Å². The van der Waals surface area contributed by atoms with Crippen molar-refractivity contribution in [3.05, 3.63) is 42.9 Å². The van der Waals surface area contributed by atoms with Gasteiger partial charge in [0.2, 0.25) is 0 Å². The molecule has 2 aromatic heterocycles. The van der Waals surface area contributed by atoms with Crippen LogP contribution < -0.4 is 4.90 Å². The largest absolute Gasteiger partial charge is 0.380 e. The summed E-state index contributed by atoms with van der Waals surface area (Å²) < 4.78 is 7.38. The molecular weight excluding hydrogens is 278 g/mol. The van der Waals surface area contributed by atoms with Crippen LogP contribution in [0.15, 0.2) is 42.9 Å². The molecule has 4 rings (SSSR count). The minimum Gasteiger partial charge on any atom is -0.380 e. The van der Waals surface area contributed by atoms with Crippen molar-refractivity contribution in [1.29, 1.82) is 0 Å². The van der Waals surface area contributed by atoms with E-state index in [1.165, 1.54) is 0 Å². The van der Waals surface area contributed by atoms with Gasteiger partial charge in [0.15, 0.2) is 5.65 Å². The fourth-order valence-corrected chi connectivity index (χ4v) is 2.80. The average molecular weight is 295 g/mol. The van der Waals surface area contributed by atoms with Gasteiger partial charge >= 0.3 is 0 Å². The van der Waals surface area contributed by atoms with Crippen LogP contribution in [0.4, 0.5) is 5.82 Å². The van der Waals surface area contributed by atoms with Crippen LogP contribution in [-0.4, -0.2) is 46.1 Å². The molecule has 0 N–H and O–H groups in total. The van der Waals surface area contributed by atoms with Gasteiger partial charge in [0.05, 0.1) is 23.9 Å². The first kappa shape index (κ1) is 13.2. The standard InChI is InChI=1S/C16H17N5O/c1-2-5-13(6-3-1)21-16-14(11-19-21)15(17-12-18-16)20-7-4-9-22-10-8-20/h1-3,5-6,11-12H,4,7-10H2. The lowest BCUT2D eigenvalue weighted by molar-refractivity contribution is 0.152. The highest BCUT2D eigenvalue weighted by Crippen LogP contribution is 2.25. The van der Waals surface area contributed by atoms with Crippen LogP contribution in [0.3, 0.4) is 0 Å². The molecule has 0 aliphatic carbocycles. The molecule has 0 bridgehead atoms. The Morgan fingerprint density at radius 3 is 2.82 bits per heavy atom. The van der Waals surface area contributed by atoms with Crippen molar-refractivity contribution in [2.45, 2.75) is 6.42 Å². The van der Waals surface area contributed by atoms with Crippen LogP contribution >= 0.6 is 0 Å². The minimum atomic E-state index is 0.734. The Hall–Kier alpha value is -2.47. The van der Waals surface area contributed by atoms with E-state index in [0.29, 0.717) is 0 Å². The fraction of sp³-hybridized carbons (Fsp3) is 0.312. The Bertz CT molecular complexity index is 763. The van der Waals surface area contributed by atoms with E-state index in [2.05, 4.69) is 20.0 Å². The molecule has 3 heterocycles. The molecule has 3 aromatic rings. The molecule has 6 nitrogen and oxygen atoms in total. The molecule has 0 amide bonds. The van der Waals surface area contributed by atoms with Crippen LogP contribution in [0.25, 0.3) is 16.7 Å². The first-order valence-electron chi connectivity index (χ1n) is 7.50. The number of fused-ring (bicyclic) bond motifs is 1. The summed E-state index contributed by atoms with van der Waals surface area (Å²) >= 11 is 0. The number of nitrogens with zero attached hydrogens (tertiary/aromatic N) is 5. The predicted octanol–water partition coefficient (Wildman–Crippen LogP) is 2.04. The van der Waals surface area contributed by atoms with Gasteiger partial charge in [0.25, 0.3) is 0 Å². The summed E-state index contributed by atoms with van der Waals surface area (Å²) in [6.45, 7) is 3.34. The smallest absolute Gasteiger partial charge is 0.168 e. The highest BCUT2D eigenvalue weighted by atomic mass is 16.5. The zero-order valence-corrected chi connectivity index (χ0v) is 12.2. The Balaban J connectivity index is 1.80. The Morgan fingerprint density at radius 1 is 1.00 bits per heavy atom. The molecule has 1 fully saturated rings. The van der Waals surface area contributed by atoms with Gasteiger partial charge in [-0.25, -0.2) is 14.6 Å².